The van der Waals surface area contributed by atoms with Crippen LogP contribution < -0.4 is 20.3 Å². The molecule has 1 heterocycles. The van der Waals surface area contributed by atoms with Crippen LogP contribution in [0.25, 0.3) is 0 Å². The van der Waals surface area contributed by atoms with Crippen LogP contribution >= 0.6 is 0 Å². The largest absolute Gasteiger partial charge is 0.491 e. The van der Waals surface area contributed by atoms with Gasteiger partial charge in [0, 0.05) is 25.7 Å². The van der Waals surface area contributed by atoms with Gasteiger partial charge in [-0.25, -0.2) is 0 Å². The van der Waals surface area contributed by atoms with Gasteiger partial charge in [0.1, 0.15) is 23.3 Å². The van der Waals surface area contributed by atoms with E-state index in [9.17, 15) is 15.1 Å². The van der Waals surface area contributed by atoms with Crippen molar-refractivity contribution in [2.75, 3.05) is 33.3 Å². The van der Waals surface area contributed by atoms with Crippen LogP contribution in [0.1, 0.15) is 24.5 Å². The second kappa shape index (κ2) is 10.8. The fraction of sp³-hybridized carbons (Fsp3) is 0.364. The number of hydrogen-bond acceptors (Lipinski definition) is 7. The van der Waals surface area contributed by atoms with Gasteiger partial charge in [-0.15, -0.1) is 0 Å². The highest BCUT2D eigenvalue weighted by Gasteiger charge is 2.27. The van der Waals surface area contributed by atoms with E-state index in [1.165, 1.54) is 0 Å². The number of ether oxygens (including phenoxy) is 2. The van der Waals surface area contributed by atoms with Crippen LogP contribution in [0.3, 0.4) is 0 Å². The van der Waals surface area contributed by atoms with E-state index in [0.717, 1.165) is 17.4 Å². The molecule has 3 rings (SSSR count). The van der Waals surface area contributed by atoms with Crippen LogP contribution in [-0.4, -0.2) is 56.2 Å². The first-order chi connectivity index (χ1) is 15.0. The number of nitriles is 1. The summed E-state index contributed by atoms with van der Waals surface area (Å²) in [4.78, 5) is 14.3. The summed E-state index contributed by atoms with van der Waals surface area (Å²) in [5.41, 5.74) is 1.91. The molecule has 9 heteroatoms. The molecule has 0 radical (unpaired) electrons. The zero-order valence-corrected chi connectivity index (χ0v) is 17.8. The minimum Gasteiger partial charge on any atom is -0.482 e. The summed E-state index contributed by atoms with van der Waals surface area (Å²) in [6, 6.07) is 12.2. The molecule has 0 saturated heterocycles. The highest BCUT2D eigenvalue weighted by atomic mass is 16.5. The molecule has 1 aliphatic heterocycles. The standard InChI is InChI=1S/C22H26BN3O5/c1-3-9-26(10-8-25-2)22(27)15-29-21-12-19(5-4-16(21)13-24)31-18-6-7-20-17(11-18)14-30-23(20)28/h4-7,11-12,25,28H,3,8-10,14-15H2,1-2H3. The minimum atomic E-state index is -0.906. The fourth-order valence-corrected chi connectivity index (χ4v) is 3.29. The molecule has 8 nitrogen and oxygen atoms in total. The smallest absolute Gasteiger partial charge is 0.482 e. The predicted octanol–water partition coefficient (Wildman–Crippen LogP) is 1.41. The molecule has 0 aliphatic carbocycles. The number of carbonyl (C=O) groups is 1. The number of carbonyl (C=O) groups excluding carboxylic acids is 1. The molecule has 1 amide bonds. The highest BCUT2D eigenvalue weighted by molar-refractivity contribution is 6.61. The van der Waals surface area contributed by atoms with Gasteiger partial charge in [0.2, 0.25) is 0 Å². The molecule has 31 heavy (non-hydrogen) atoms. The summed E-state index contributed by atoms with van der Waals surface area (Å²) in [6.45, 7) is 4.12. The number of amides is 1. The third kappa shape index (κ3) is 5.76. The summed E-state index contributed by atoms with van der Waals surface area (Å²) < 4.78 is 16.8. The van der Waals surface area contributed by atoms with Gasteiger partial charge in [0.25, 0.3) is 5.91 Å². The maximum absolute atomic E-state index is 12.5. The van der Waals surface area contributed by atoms with Gasteiger partial charge < -0.3 is 29.4 Å². The molecular weight excluding hydrogens is 397 g/mol. The predicted molar refractivity (Wildman–Crippen MR) is 116 cm³/mol. The molecule has 0 aromatic heterocycles. The number of benzene rings is 2. The summed E-state index contributed by atoms with van der Waals surface area (Å²) in [6.07, 6.45) is 0.852. The maximum atomic E-state index is 12.5. The van der Waals surface area contributed by atoms with Crippen molar-refractivity contribution in [2.24, 2.45) is 0 Å². The molecule has 2 aromatic rings. The van der Waals surface area contributed by atoms with Gasteiger partial charge in [-0.2, -0.15) is 5.26 Å². The van der Waals surface area contributed by atoms with Gasteiger partial charge in [-0.05, 0) is 48.8 Å². The van der Waals surface area contributed by atoms with E-state index in [4.69, 9.17) is 14.1 Å². The Morgan fingerprint density at radius 2 is 2.06 bits per heavy atom. The lowest BCUT2D eigenvalue weighted by Gasteiger charge is -2.22. The zero-order chi connectivity index (χ0) is 22.2. The maximum Gasteiger partial charge on any atom is 0.491 e. The third-order valence-corrected chi connectivity index (χ3v) is 4.92. The average molecular weight is 423 g/mol. The van der Waals surface area contributed by atoms with E-state index in [1.54, 1.807) is 41.3 Å². The van der Waals surface area contributed by atoms with E-state index in [0.29, 0.717) is 49.1 Å². The topological polar surface area (TPSA) is 104 Å². The summed E-state index contributed by atoms with van der Waals surface area (Å²) in [5.74, 6) is 1.20. The van der Waals surface area contributed by atoms with Crippen LogP contribution in [0, 0.1) is 11.3 Å². The lowest BCUT2D eigenvalue weighted by atomic mass is 9.80. The quantitative estimate of drug-likeness (QED) is 0.557. The van der Waals surface area contributed by atoms with Gasteiger partial charge in [0.15, 0.2) is 6.61 Å². The van der Waals surface area contributed by atoms with Crippen molar-refractivity contribution in [1.29, 1.82) is 5.26 Å². The number of fused-ring (bicyclic) bond motifs is 1. The van der Waals surface area contributed by atoms with Crippen molar-refractivity contribution in [3.63, 3.8) is 0 Å². The van der Waals surface area contributed by atoms with E-state index >= 15 is 0 Å². The fourth-order valence-electron chi connectivity index (χ4n) is 3.29. The number of nitrogens with zero attached hydrogens (tertiary/aromatic N) is 2. The van der Waals surface area contributed by atoms with Crippen LogP contribution in [0.2, 0.25) is 0 Å². The van der Waals surface area contributed by atoms with Crippen molar-refractivity contribution in [2.45, 2.75) is 20.0 Å². The lowest BCUT2D eigenvalue weighted by molar-refractivity contribution is -0.133. The minimum absolute atomic E-state index is 0.135. The Morgan fingerprint density at radius 1 is 1.29 bits per heavy atom. The number of hydrogen-bond donors (Lipinski definition) is 2. The molecular formula is C22H26BN3O5. The van der Waals surface area contributed by atoms with Crippen LogP contribution in [0.5, 0.6) is 17.2 Å². The Labute approximate surface area is 182 Å². The van der Waals surface area contributed by atoms with E-state index in [-0.39, 0.29) is 12.5 Å². The average Bonchev–Trinajstić information content (AvgIpc) is 3.15. The molecule has 162 valence electrons. The van der Waals surface area contributed by atoms with E-state index < -0.39 is 7.12 Å². The Bertz CT molecular complexity index is 963. The normalized spacial score (nSPS) is 12.3. The van der Waals surface area contributed by atoms with Crippen molar-refractivity contribution >= 4 is 18.5 Å². The van der Waals surface area contributed by atoms with Crippen LogP contribution in [0.15, 0.2) is 36.4 Å². The number of nitrogens with one attached hydrogen (secondary N) is 1. The second-order valence-electron chi connectivity index (χ2n) is 7.17. The van der Waals surface area contributed by atoms with Crippen LogP contribution in [-0.2, 0) is 16.1 Å². The van der Waals surface area contributed by atoms with Crippen molar-refractivity contribution in [3.05, 3.63) is 47.5 Å². The second-order valence-corrected chi connectivity index (χ2v) is 7.17. The first-order valence-corrected chi connectivity index (χ1v) is 10.2. The Kier molecular flexibility index (Phi) is 7.90. The number of rotatable bonds is 10. The molecule has 0 bridgehead atoms. The molecule has 2 N–H and O–H groups in total. The molecule has 0 fully saturated rings. The molecule has 0 spiro atoms. The first kappa shape index (κ1) is 22.6. The first-order valence-electron chi connectivity index (χ1n) is 10.2. The van der Waals surface area contributed by atoms with Gasteiger partial charge >= 0.3 is 7.12 Å². The van der Waals surface area contributed by atoms with E-state index in [1.807, 2.05) is 14.0 Å². The lowest BCUT2D eigenvalue weighted by Crippen LogP contribution is -2.39. The summed E-state index contributed by atoms with van der Waals surface area (Å²) >= 11 is 0. The van der Waals surface area contributed by atoms with E-state index in [2.05, 4.69) is 11.4 Å². The molecule has 2 aromatic carbocycles. The molecule has 0 atom stereocenters. The number of likely N-dealkylation sites (N-methyl/N-ethyl adjacent to an activating group) is 1. The van der Waals surface area contributed by atoms with Crippen molar-refractivity contribution < 1.29 is 23.9 Å². The molecule has 0 saturated carbocycles. The van der Waals surface area contributed by atoms with Crippen molar-refractivity contribution in [3.8, 4) is 23.3 Å². The van der Waals surface area contributed by atoms with Gasteiger partial charge in [-0.3, -0.25) is 4.79 Å². The zero-order valence-electron chi connectivity index (χ0n) is 17.8. The third-order valence-electron chi connectivity index (χ3n) is 4.92. The van der Waals surface area contributed by atoms with Gasteiger partial charge in [0.05, 0.1) is 12.2 Å². The van der Waals surface area contributed by atoms with Crippen LogP contribution in [0.4, 0.5) is 0 Å². The Morgan fingerprint density at radius 3 is 2.81 bits per heavy atom. The van der Waals surface area contributed by atoms with Gasteiger partial charge in [-0.1, -0.05) is 13.0 Å². The molecule has 0 unspecified atom stereocenters. The van der Waals surface area contributed by atoms with Crippen molar-refractivity contribution in [1.82, 2.24) is 10.2 Å². The summed E-state index contributed by atoms with van der Waals surface area (Å²) in [7, 11) is 0.934. The molecule has 1 aliphatic rings. The summed E-state index contributed by atoms with van der Waals surface area (Å²) in [5, 5.41) is 22.2. The monoisotopic (exact) mass is 423 g/mol. The highest BCUT2D eigenvalue weighted by Crippen LogP contribution is 2.29. The Hall–Kier alpha value is -3.06. The Balaban J connectivity index is 1.69. The SMILES string of the molecule is CCCN(CCNC)C(=O)COc1cc(Oc2ccc3c(c2)COB3O)ccc1C#N.